The first-order valence-corrected chi connectivity index (χ1v) is 8.76. The number of aromatic nitrogens is 1. The fourth-order valence-corrected chi connectivity index (χ4v) is 3.21. The van der Waals surface area contributed by atoms with Crippen molar-refractivity contribution in [2.75, 3.05) is 0 Å². The fraction of sp³-hybridized carbons (Fsp3) is 0.0952. The Bertz CT molecular complexity index is 1190. The highest BCUT2D eigenvalue weighted by atomic mass is 16.6. The SMILES string of the molecule is CCn1c2ccccc2c2ccccc21.N#Cc1cc([N+](=O)[O-])cc([N+](=O)[O-])c1. The lowest BCUT2D eigenvalue weighted by atomic mass is 10.2. The molecule has 0 N–H and O–H groups in total. The molecular weight excluding hydrogens is 372 g/mol. The predicted molar refractivity (Wildman–Crippen MR) is 110 cm³/mol. The molecule has 0 aliphatic heterocycles. The van der Waals surface area contributed by atoms with E-state index in [4.69, 9.17) is 5.26 Å². The topological polar surface area (TPSA) is 115 Å². The number of nitro groups is 2. The van der Waals surface area contributed by atoms with Crippen molar-refractivity contribution in [2.45, 2.75) is 13.5 Å². The molecule has 0 saturated heterocycles. The minimum Gasteiger partial charge on any atom is -0.341 e. The summed E-state index contributed by atoms with van der Waals surface area (Å²) in [5.41, 5.74) is 1.64. The van der Waals surface area contributed by atoms with Crippen LogP contribution < -0.4 is 0 Å². The Hall–Kier alpha value is -4.25. The number of rotatable bonds is 3. The van der Waals surface area contributed by atoms with Gasteiger partial charge < -0.3 is 4.57 Å². The molecule has 0 aliphatic carbocycles. The third-order valence-corrected chi connectivity index (χ3v) is 4.45. The summed E-state index contributed by atoms with van der Waals surface area (Å²) in [4.78, 5) is 19.1. The van der Waals surface area contributed by atoms with Crippen LogP contribution in [0, 0.1) is 31.6 Å². The number of aryl methyl sites for hydroxylation is 1. The molecule has 0 saturated carbocycles. The van der Waals surface area contributed by atoms with Gasteiger partial charge in [0.25, 0.3) is 11.4 Å². The Morgan fingerprint density at radius 2 is 1.31 bits per heavy atom. The molecule has 0 fully saturated rings. The fourth-order valence-electron chi connectivity index (χ4n) is 3.21. The van der Waals surface area contributed by atoms with E-state index in [-0.39, 0.29) is 5.56 Å². The van der Waals surface area contributed by atoms with E-state index in [2.05, 4.69) is 60.0 Å². The van der Waals surface area contributed by atoms with Gasteiger partial charge in [-0.25, -0.2) is 0 Å². The first kappa shape index (κ1) is 19.5. The molecule has 1 heterocycles. The van der Waals surface area contributed by atoms with Gasteiger partial charge in [-0.05, 0) is 19.1 Å². The first-order chi connectivity index (χ1) is 14.0. The largest absolute Gasteiger partial charge is 0.341 e. The highest BCUT2D eigenvalue weighted by molar-refractivity contribution is 6.07. The molecular formula is C21H16N4O4. The van der Waals surface area contributed by atoms with E-state index in [1.54, 1.807) is 6.07 Å². The van der Waals surface area contributed by atoms with Crippen molar-refractivity contribution in [3.05, 3.63) is 92.5 Å². The Kier molecular flexibility index (Phi) is 5.51. The van der Waals surface area contributed by atoms with E-state index >= 15 is 0 Å². The second-order valence-corrected chi connectivity index (χ2v) is 6.14. The molecule has 4 rings (SSSR count). The minimum absolute atomic E-state index is 0.106. The van der Waals surface area contributed by atoms with Gasteiger partial charge >= 0.3 is 0 Å². The van der Waals surface area contributed by atoms with Gasteiger partial charge in [-0.15, -0.1) is 0 Å². The van der Waals surface area contributed by atoms with Gasteiger partial charge in [0.15, 0.2) is 0 Å². The van der Waals surface area contributed by atoms with E-state index in [1.165, 1.54) is 21.8 Å². The Labute approximate surface area is 165 Å². The molecule has 0 aliphatic rings. The minimum atomic E-state index is -0.784. The molecule has 4 aromatic rings. The zero-order valence-electron chi connectivity index (χ0n) is 15.5. The molecule has 0 radical (unpaired) electrons. The van der Waals surface area contributed by atoms with Gasteiger partial charge in [-0.1, -0.05) is 36.4 Å². The van der Waals surface area contributed by atoms with Crippen LogP contribution in [0.2, 0.25) is 0 Å². The molecule has 1 aromatic heterocycles. The van der Waals surface area contributed by atoms with Crippen molar-refractivity contribution in [1.29, 1.82) is 5.26 Å². The normalized spacial score (nSPS) is 10.2. The van der Waals surface area contributed by atoms with Crippen LogP contribution in [-0.4, -0.2) is 14.4 Å². The van der Waals surface area contributed by atoms with E-state index < -0.39 is 21.2 Å². The van der Waals surface area contributed by atoms with Gasteiger partial charge in [0.05, 0.1) is 27.5 Å². The van der Waals surface area contributed by atoms with E-state index in [9.17, 15) is 20.2 Å². The third-order valence-electron chi connectivity index (χ3n) is 4.45. The third kappa shape index (κ3) is 3.89. The molecule has 0 spiro atoms. The number of hydrogen-bond acceptors (Lipinski definition) is 5. The molecule has 144 valence electrons. The molecule has 0 atom stereocenters. The van der Waals surface area contributed by atoms with Gasteiger partial charge in [-0.2, -0.15) is 5.26 Å². The van der Waals surface area contributed by atoms with Crippen molar-refractivity contribution in [2.24, 2.45) is 0 Å². The van der Waals surface area contributed by atoms with Crippen LogP contribution in [0.15, 0.2) is 66.7 Å². The molecule has 0 amide bonds. The first-order valence-electron chi connectivity index (χ1n) is 8.76. The molecule has 8 heteroatoms. The lowest BCUT2D eigenvalue weighted by molar-refractivity contribution is -0.394. The number of nitro benzene ring substituents is 2. The Morgan fingerprint density at radius 3 is 1.69 bits per heavy atom. The number of para-hydroxylation sites is 2. The van der Waals surface area contributed by atoms with Crippen molar-refractivity contribution >= 4 is 33.2 Å². The van der Waals surface area contributed by atoms with Gasteiger partial charge in [0, 0.05) is 40.5 Å². The standard InChI is InChI=1S/C14H13N.C7H3N3O4/c1-2-15-13-9-5-3-7-11(13)12-8-4-6-10-14(12)15;8-4-5-1-6(9(11)12)3-7(2-5)10(13)14/h3-10H,2H2,1H3;1-3H. The average molecular weight is 388 g/mol. The Balaban J connectivity index is 0.000000166. The van der Waals surface area contributed by atoms with Gasteiger partial charge in [-0.3, -0.25) is 20.2 Å². The van der Waals surface area contributed by atoms with Crippen LogP contribution in [0.4, 0.5) is 11.4 Å². The number of fused-ring (bicyclic) bond motifs is 3. The van der Waals surface area contributed by atoms with Crippen LogP contribution >= 0.6 is 0 Å². The highest BCUT2D eigenvalue weighted by Gasteiger charge is 2.15. The van der Waals surface area contributed by atoms with E-state index in [1.807, 2.05) is 0 Å². The summed E-state index contributed by atoms with van der Waals surface area (Å²) < 4.78 is 2.37. The monoisotopic (exact) mass is 388 g/mol. The lowest BCUT2D eigenvalue weighted by Gasteiger charge is -2.01. The molecule has 8 nitrogen and oxygen atoms in total. The highest BCUT2D eigenvalue weighted by Crippen LogP contribution is 2.28. The van der Waals surface area contributed by atoms with E-state index in [0.717, 1.165) is 24.7 Å². The molecule has 3 aromatic carbocycles. The zero-order valence-corrected chi connectivity index (χ0v) is 15.5. The second kappa shape index (κ2) is 8.19. The smallest absolute Gasteiger partial charge is 0.277 e. The number of benzene rings is 3. The summed E-state index contributed by atoms with van der Waals surface area (Å²) in [7, 11) is 0. The number of hydrogen-bond donors (Lipinski definition) is 0. The van der Waals surface area contributed by atoms with Crippen molar-refractivity contribution < 1.29 is 9.85 Å². The molecule has 0 bridgehead atoms. The van der Waals surface area contributed by atoms with Gasteiger partial charge in [0.1, 0.15) is 0 Å². The number of non-ortho nitro benzene ring substituents is 2. The van der Waals surface area contributed by atoms with Crippen LogP contribution in [0.5, 0.6) is 0 Å². The number of nitrogens with zero attached hydrogens (tertiary/aromatic N) is 4. The van der Waals surface area contributed by atoms with Crippen molar-refractivity contribution in [1.82, 2.24) is 4.57 Å². The second-order valence-electron chi connectivity index (χ2n) is 6.14. The lowest BCUT2D eigenvalue weighted by Crippen LogP contribution is -1.93. The quantitative estimate of drug-likeness (QED) is 0.354. The predicted octanol–water partition coefficient (Wildman–Crippen LogP) is 5.19. The van der Waals surface area contributed by atoms with Crippen LogP contribution in [-0.2, 0) is 6.54 Å². The molecule has 0 unspecified atom stereocenters. The van der Waals surface area contributed by atoms with E-state index in [0.29, 0.717) is 0 Å². The maximum absolute atomic E-state index is 10.3. The van der Waals surface area contributed by atoms with Crippen molar-refractivity contribution in [3.8, 4) is 6.07 Å². The zero-order chi connectivity index (χ0) is 21.0. The Morgan fingerprint density at radius 1 is 0.862 bits per heavy atom. The summed E-state index contributed by atoms with van der Waals surface area (Å²) in [5.74, 6) is 0. The molecule has 29 heavy (non-hydrogen) atoms. The summed E-state index contributed by atoms with van der Waals surface area (Å²) in [6, 6.07) is 21.6. The maximum atomic E-state index is 10.3. The summed E-state index contributed by atoms with van der Waals surface area (Å²) in [6.45, 7) is 3.22. The van der Waals surface area contributed by atoms with Crippen LogP contribution in [0.25, 0.3) is 21.8 Å². The van der Waals surface area contributed by atoms with Crippen LogP contribution in [0.3, 0.4) is 0 Å². The van der Waals surface area contributed by atoms with Crippen molar-refractivity contribution in [3.63, 3.8) is 0 Å². The summed E-state index contributed by atoms with van der Waals surface area (Å²) >= 11 is 0. The average Bonchev–Trinajstić information content (AvgIpc) is 3.07. The maximum Gasteiger partial charge on any atom is 0.277 e. The summed E-state index contributed by atoms with van der Waals surface area (Å²) in [6.07, 6.45) is 0. The number of nitriles is 1. The summed E-state index contributed by atoms with van der Waals surface area (Å²) in [5, 5.41) is 31.8. The van der Waals surface area contributed by atoms with Crippen LogP contribution in [0.1, 0.15) is 12.5 Å². The van der Waals surface area contributed by atoms with Gasteiger partial charge in [0.2, 0.25) is 0 Å².